The lowest BCUT2D eigenvalue weighted by atomic mass is 10.2. The number of nitrogens with two attached hydrogens (primary N) is 2. The molecule has 11 heteroatoms. The number of nitrogens with zero attached hydrogens (tertiary/aromatic N) is 3. The number of hydrogen-bond acceptors (Lipinski definition) is 6. The first-order chi connectivity index (χ1) is 13.2. The van der Waals surface area contributed by atoms with Crippen molar-refractivity contribution in [3.05, 3.63) is 64.3 Å². The second-order valence-electron chi connectivity index (χ2n) is 5.64. The number of rotatable bonds is 4. The summed E-state index contributed by atoms with van der Waals surface area (Å²) in [6, 6.07) is 5.69. The van der Waals surface area contributed by atoms with Gasteiger partial charge in [-0.25, -0.2) is 10.1 Å². The number of alkyl halides is 3. The van der Waals surface area contributed by atoms with Gasteiger partial charge in [0.15, 0.2) is 11.7 Å². The van der Waals surface area contributed by atoms with Gasteiger partial charge in [0.05, 0.1) is 23.7 Å². The molecule has 28 heavy (non-hydrogen) atoms. The third-order valence-corrected chi connectivity index (χ3v) is 3.80. The van der Waals surface area contributed by atoms with Crippen LogP contribution in [-0.2, 0) is 10.9 Å². The first kappa shape index (κ1) is 19.0. The van der Waals surface area contributed by atoms with Crippen LogP contribution in [0.2, 0.25) is 0 Å². The standard InChI is InChI=1S/C17H15F3N6O2/c1-28-14(22)6-5-13(21)26-12-4-2-9(17(18,19)20)8-11(12)23-16(26)10-3-7-15(27)25-24-10/h2-8H,21-22H2,1H3,(H,25,27)/b13-5+,14-6+. The number of benzene rings is 1. The van der Waals surface area contributed by atoms with Gasteiger partial charge in [0.2, 0.25) is 0 Å². The second-order valence-corrected chi connectivity index (χ2v) is 5.64. The number of ether oxygens (including phenoxy) is 1. The van der Waals surface area contributed by atoms with Gasteiger partial charge < -0.3 is 16.2 Å². The molecule has 0 unspecified atom stereocenters. The lowest BCUT2D eigenvalue weighted by molar-refractivity contribution is -0.137. The van der Waals surface area contributed by atoms with E-state index >= 15 is 0 Å². The van der Waals surface area contributed by atoms with Gasteiger partial charge in [-0.2, -0.15) is 18.3 Å². The first-order valence-corrected chi connectivity index (χ1v) is 7.84. The van der Waals surface area contributed by atoms with Crippen molar-refractivity contribution in [3.63, 3.8) is 0 Å². The van der Waals surface area contributed by atoms with Crippen molar-refractivity contribution in [2.45, 2.75) is 6.18 Å². The minimum atomic E-state index is -4.52. The molecule has 8 nitrogen and oxygen atoms in total. The van der Waals surface area contributed by atoms with E-state index in [-0.39, 0.29) is 28.7 Å². The molecule has 5 N–H and O–H groups in total. The van der Waals surface area contributed by atoms with E-state index in [0.717, 1.165) is 12.1 Å². The summed E-state index contributed by atoms with van der Waals surface area (Å²) in [7, 11) is 1.37. The van der Waals surface area contributed by atoms with Gasteiger partial charge in [0.1, 0.15) is 11.5 Å². The number of imidazole rings is 1. The van der Waals surface area contributed by atoms with Crippen LogP contribution in [0.1, 0.15) is 5.56 Å². The Kier molecular flexibility index (Phi) is 4.82. The van der Waals surface area contributed by atoms with E-state index in [1.807, 2.05) is 0 Å². The van der Waals surface area contributed by atoms with Gasteiger partial charge >= 0.3 is 6.18 Å². The maximum absolute atomic E-state index is 13.0. The fraction of sp³-hybridized carbons (Fsp3) is 0.118. The summed E-state index contributed by atoms with van der Waals surface area (Å²) in [5.41, 5.74) is 11.0. The lowest BCUT2D eigenvalue weighted by Gasteiger charge is -2.09. The predicted molar refractivity (Wildman–Crippen MR) is 96.3 cm³/mol. The first-order valence-electron chi connectivity index (χ1n) is 7.84. The van der Waals surface area contributed by atoms with Gasteiger partial charge in [0.25, 0.3) is 5.56 Å². The van der Waals surface area contributed by atoms with E-state index in [1.54, 1.807) is 0 Å². The summed E-state index contributed by atoms with van der Waals surface area (Å²) in [4.78, 5) is 15.5. The molecule has 0 amide bonds. The monoisotopic (exact) mass is 392 g/mol. The molecular weight excluding hydrogens is 377 g/mol. The third kappa shape index (κ3) is 3.68. The topological polar surface area (TPSA) is 125 Å². The van der Waals surface area contributed by atoms with Crippen LogP contribution in [0.15, 0.2) is 53.2 Å². The average molecular weight is 392 g/mol. The quantitative estimate of drug-likeness (QED) is 0.461. The van der Waals surface area contributed by atoms with Gasteiger partial charge in [-0.05, 0) is 30.3 Å². The number of nitrogens with one attached hydrogen (secondary N) is 1. The molecule has 0 bridgehead atoms. The molecule has 3 aromatic rings. The second kappa shape index (κ2) is 7.10. The minimum Gasteiger partial charge on any atom is -0.483 e. The number of H-pyrrole nitrogens is 1. The zero-order valence-corrected chi connectivity index (χ0v) is 14.5. The van der Waals surface area contributed by atoms with Crippen molar-refractivity contribution < 1.29 is 17.9 Å². The highest BCUT2D eigenvalue weighted by atomic mass is 19.4. The smallest absolute Gasteiger partial charge is 0.416 e. The van der Waals surface area contributed by atoms with Gasteiger partial charge in [0, 0.05) is 12.1 Å². The maximum atomic E-state index is 13.0. The Morgan fingerprint density at radius 2 is 1.96 bits per heavy atom. The summed E-state index contributed by atoms with van der Waals surface area (Å²) in [5.74, 6) is 0.324. The van der Waals surface area contributed by atoms with Crippen molar-refractivity contribution in [2.24, 2.45) is 11.5 Å². The van der Waals surface area contributed by atoms with E-state index in [1.165, 1.54) is 42.0 Å². The van der Waals surface area contributed by atoms with E-state index in [9.17, 15) is 18.0 Å². The number of aromatic amines is 1. The van der Waals surface area contributed by atoms with Crippen molar-refractivity contribution in [3.8, 4) is 11.5 Å². The zero-order valence-electron chi connectivity index (χ0n) is 14.5. The molecule has 146 valence electrons. The van der Waals surface area contributed by atoms with E-state index in [2.05, 4.69) is 15.2 Å². The number of methoxy groups -OCH3 is 1. The maximum Gasteiger partial charge on any atom is 0.416 e. The Morgan fingerprint density at radius 3 is 2.57 bits per heavy atom. The minimum absolute atomic E-state index is 0.0536. The Bertz CT molecular complexity index is 1120. The number of hydrogen-bond donors (Lipinski definition) is 3. The molecule has 3 rings (SSSR count). The highest BCUT2D eigenvalue weighted by Gasteiger charge is 2.31. The van der Waals surface area contributed by atoms with Crippen LogP contribution < -0.4 is 17.0 Å². The van der Waals surface area contributed by atoms with Crippen molar-refractivity contribution in [1.82, 2.24) is 19.7 Å². The summed E-state index contributed by atoms with van der Waals surface area (Å²) in [6.07, 6.45) is -1.73. The fourth-order valence-corrected chi connectivity index (χ4v) is 2.47. The van der Waals surface area contributed by atoms with Crippen LogP contribution in [0, 0.1) is 0 Å². The molecule has 0 fully saturated rings. The molecule has 0 spiro atoms. The van der Waals surface area contributed by atoms with Crippen LogP contribution in [-0.4, -0.2) is 26.9 Å². The molecule has 0 aliphatic rings. The normalized spacial score (nSPS) is 13.1. The fourth-order valence-electron chi connectivity index (χ4n) is 2.47. The molecule has 0 atom stereocenters. The molecule has 2 heterocycles. The molecule has 2 aromatic heterocycles. The van der Waals surface area contributed by atoms with Crippen LogP contribution in [0.3, 0.4) is 0 Å². The molecule has 0 radical (unpaired) electrons. The summed E-state index contributed by atoms with van der Waals surface area (Å²) in [6.45, 7) is 0. The number of aromatic nitrogens is 4. The lowest BCUT2D eigenvalue weighted by Crippen LogP contribution is -2.11. The molecular formula is C17H15F3N6O2. The Morgan fingerprint density at radius 1 is 1.21 bits per heavy atom. The van der Waals surface area contributed by atoms with E-state index in [4.69, 9.17) is 16.2 Å². The largest absolute Gasteiger partial charge is 0.483 e. The Hall–Kier alpha value is -3.76. The summed E-state index contributed by atoms with van der Waals surface area (Å²) in [5, 5.41) is 6.13. The number of fused-ring (bicyclic) bond motifs is 1. The number of allylic oxidation sites excluding steroid dienone is 2. The highest BCUT2D eigenvalue weighted by Crippen LogP contribution is 2.33. The Labute approximate surface area is 155 Å². The van der Waals surface area contributed by atoms with E-state index in [0.29, 0.717) is 5.52 Å². The molecule has 0 aliphatic carbocycles. The van der Waals surface area contributed by atoms with Gasteiger partial charge in [-0.3, -0.25) is 9.36 Å². The van der Waals surface area contributed by atoms with Crippen molar-refractivity contribution >= 4 is 16.9 Å². The zero-order chi connectivity index (χ0) is 20.5. The van der Waals surface area contributed by atoms with Crippen molar-refractivity contribution in [1.29, 1.82) is 0 Å². The summed E-state index contributed by atoms with van der Waals surface area (Å²) < 4.78 is 45.3. The van der Waals surface area contributed by atoms with Crippen LogP contribution in [0.25, 0.3) is 28.4 Å². The average Bonchev–Trinajstić information content (AvgIpc) is 3.04. The van der Waals surface area contributed by atoms with Gasteiger partial charge in [-0.1, -0.05) is 0 Å². The molecule has 0 aliphatic heterocycles. The van der Waals surface area contributed by atoms with Crippen molar-refractivity contribution in [2.75, 3.05) is 7.11 Å². The van der Waals surface area contributed by atoms with Gasteiger partial charge in [-0.15, -0.1) is 0 Å². The predicted octanol–water partition coefficient (Wildman–Crippen LogP) is 2.01. The Balaban J connectivity index is 2.27. The number of halogens is 3. The molecule has 1 aromatic carbocycles. The van der Waals surface area contributed by atoms with Crippen LogP contribution in [0.4, 0.5) is 13.2 Å². The third-order valence-electron chi connectivity index (χ3n) is 3.80. The summed E-state index contributed by atoms with van der Waals surface area (Å²) >= 11 is 0. The van der Waals surface area contributed by atoms with E-state index < -0.39 is 17.3 Å². The highest BCUT2D eigenvalue weighted by molar-refractivity contribution is 5.85. The van der Waals surface area contributed by atoms with Crippen LogP contribution in [0.5, 0.6) is 0 Å². The SMILES string of the molecule is CO/C(N)=C/C=C(\N)n1c(-c2ccc(=O)[nH]n2)nc2cc(C(F)(F)F)ccc21. The molecule has 0 saturated heterocycles. The van der Waals surface area contributed by atoms with Crippen LogP contribution >= 0.6 is 0 Å². The molecule has 0 saturated carbocycles.